The first-order valence-corrected chi connectivity index (χ1v) is 10.3. The number of aryl methyl sites for hydroxylation is 1. The number of hydrogen-bond donors (Lipinski definition) is 1. The Hall–Kier alpha value is -3.38. The van der Waals surface area contributed by atoms with Crippen LogP contribution in [0, 0.1) is 0 Å². The molecule has 0 unspecified atom stereocenters. The lowest BCUT2D eigenvalue weighted by Gasteiger charge is -2.24. The molecule has 0 saturated carbocycles. The number of fused-ring (bicyclic) bond motifs is 3. The van der Waals surface area contributed by atoms with E-state index in [0.29, 0.717) is 41.9 Å². The highest BCUT2D eigenvalue weighted by Gasteiger charge is 2.36. The third-order valence-electron chi connectivity index (χ3n) is 5.21. The quantitative estimate of drug-likeness (QED) is 0.689. The van der Waals surface area contributed by atoms with Gasteiger partial charge in [0.15, 0.2) is 11.6 Å². The molecule has 0 fully saturated rings. The molecule has 2 aliphatic carbocycles. The summed E-state index contributed by atoms with van der Waals surface area (Å²) in [6.45, 7) is 0. The smallest absolute Gasteiger partial charge is 0.212 e. The second-order valence-electron chi connectivity index (χ2n) is 7.06. The molecule has 0 atom stereocenters. The first-order chi connectivity index (χ1) is 14.1. The van der Waals surface area contributed by atoms with E-state index in [9.17, 15) is 14.4 Å². The van der Waals surface area contributed by atoms with Crippen LogP contribution in [0.4, 0.5) is 5.69 Å². The zero-order chi connectivity index (χ0) is 20.0. The van der Waals surface area contributed by atoms with Crippen molar-refractivity contribution in [3.8, 4) is 11.3 Å². The minimum atomic E-state index is -0.330. The highest BCUT2D eigenvalue weighted by atomic mass is 32.1. The van der Waals surface area contributed by atoms with Crippen molar-refractivity contribution in [1.82, 2.24) is 4.98 Å². The van der Waals surface area contributed by atoms with Crippen LogP contribution >= 0.6 is 11.3 Å². The number of benzene rings is 1. The third kappa shape index (κ3) is 2.93. The predicted octanol–water partition coefficient (Wildman–Crippen LogP) is 4.70. The Balaban J connectivity index is 1.72. The van der Waals surface area contributed by atoms with Gasteiger partial charge in [0.1, 0.15) is 0 Å². The van der Waals surface area contributed by atoms with E-state index >= 15 is 0 Å². The van der Waals surface area contributed by atoms with Crippen LogP contribution in [-0.2, 0) is 6.42 Å². The minimum Gasteiger partial charge on any atom is -0.352 e. The summed E-state index contributed by atoms with van der Waals surface area (Å²) in [7, 11) is 0. The topological polar surface area (TPSA) is 76.1 Å². The predicted molar refractivity (Wildman–Crippen MR) is 112 cm³/mol. The lowest BCUT2D eigenvalue weighted by atomic mass is 9.81. The largest absolute Gasteiger partial charge is 0.352 e. The Morgan fingerprint density at radius 2 is 1.76 bits per heavy atom. The molecule has 2 heterocycles. The number of hydrogen-bond acceptors (Lipinski definition) is 6. The normalized spacial score (nSPS) is 15.6. The van der Waals surface area contributed by atoms with Crippen molar-refractivity contribution >= 4 is 34.4 Å². The molecule has 2 aliphatic rings. The number of carbonyl (C=O) groups excluding carboxylic acids is 3. The molecular formula is C23H16N2O3S. The first-order valence-electron chi connectivity index (χ1n) is 9.39. The Labute approximate surface area is 171 Å². The molecule has 0 spiro atoms. The number of rotatable bonds is 3. The molecule has 5 rings (SSSR count). The Morgan fingerprint density at radius 1 is 0.931 bits per heavy atom. The maximum atomic E-state index is 13.4. The molecule has 0 bridgehead atoms. The number of nitrogens with zero attached hydrogens (tertiary/aromatic N) is 1. The van der Waals surface area contributed by atoms with Crippen LogP contribution in [0.15, 0.2) is 58.9 Å². The Bertz CT molecular complexity index is 1190. The summed E-state index contributed by atoms with van der Waals surface area (Å²) >= 11 is 1.50. The van der Waals surface area contributed by atoms with E-state index < -0.39 is 0 Å². The van der Waals surface area contributed by atoms with Gasteiger partial charge in [-0.3, -0.25) is 19.4 Å². The molecule has 5 nitrogen and oxygen atoms in total. The van der Waals surface area contributed by atoms with E-state index in [1.165, 1.54) is 17.4 Å². The van der Waals surface area contributed by atoms with Gasteiger partial charge in [-0.1, -0.05) is 18.2 Å². The number of carbonyl (C=O) groups is 3. The zero-order valence-corrected chi connectivity index (χ0v) is 16.2. The SMILES string of the molecule is O=C1CCCc2nc(-c3ccsc3)c3c(c21)C(=O)C=C(Nc1ccccc1)C3=O. The van der Waals surface area contributed by atoms with Crippen LogP contribution in [-0.4, -0.2) is 22.3 Å². The highest BCUT2D eigenvalue weighted by molar-refractivity contribution is 7.08. The number of Topliss-reactive ketones (excluding diaryl/α,β-unsaturated/α-hetero) is 2. The summed E-state index contributed by atoms with van der Waals surface area (Å²) in [6.07, 6.45) is 3.02. The number of anilines is 1. The number of para-hydroxylation sites is 1. The number of pyridine rings is 1. The van der Waals surface area contributed by atoms with Crippen LogP contribution in [0.25, 0.3) is 11.3 Å². The maximum Gasteiger partial charge on any atom is 0.212 e. The number of allylic oxidation sites excluding steroid dienone is 2. The van der Waals surface area contributed by atoms with Gasteiger partial charge in [0.05, 0.1) is 28.2 Å². The summed E-state index contributed by atoms with van der Waals surface area (Å²) in [5, 5.41) is 6.85. The summed E-state index contributed by atoms with van der Waals surface area (Å²) in [6, 6.07) is 11.1. The lowest BCUT2D eigenvalue weighted by Crippen LogP contribution is -2.28. The van der Waals surface area contributed by atoms with Crippen LogP contribution in [0.5, 0.6) is 0 Å². The molecule has 29 heavy (non-hydrogen) atoms. The molecular weight excluding hydrogens is 384 g/mol. The lowest BCUT2D eigenvalue weighted by molar-refractivity contribution is 0.0951. The summed E-state index contributed by atoms with van der Waals surface area (Å²) in [5.41, 5.74) is 3.56. The summed E-state index contributed by atoms with van der Waals surface area (Å²) in [5.74, 6) is -0.761. The molecule has 0 saturated heterocycles. The molecule has 0 aliphatic heterocycles. The number of aromatic nitrogens is 1. The summed E-state index contributed by atoms with van der Waals surface area (Å²) < 4.78 is 0. The van der Waals surface area contributed by atoms with Crippen LogP contribution < -0.4 is 5.32 Å². The average molecular weight is 400 g/mol. The Morgan fingerprint density at radius 3 is 2.52 bits per heavy atom. The van der Waals surface area contributed by atoms with Gasteiger partial charge in [0, 0.05) is 34.7 Å². The Kier molecular flexibility index (Phi) is 4.21. The zero-order valence-electron chi connectivity index (χ0n) is 15.4. The molecule has 1 aromatic carbocycles. The van der Waals surface area contributed by atoms with Gasteiger partial charge in [-0.2, -0.15) is 11.3 Å². The monoisotopic (exact) mass is 400 g/mol. The fraction of sp³-hybridized carbons (Fsp3) is 0.130. The van der Waals surface area contributed by atoms with Crippen molar-refractivity contribution in [2.75, 3.05) is 5.32 Å². The number of thiophene rings is 1. The van der Waals surface area contributed by atoms with Crippen molar-refractivity contribution in [2.45, 2.75) is 19.3 Å². The van der Waals surface area contributed by atoms with Gasteiger partial charge in [-0.15, -0.1) is 0 Å². The number of nitrogens with one attached hydrogen (secondary N) is 1. The van der Waals surface area contributed by atoms with Crippen LogP contribution in [0.2, 0.25) is 0 Å². The van der Waals surface area contributed by atoms with Crippen LogP contribution in [0.3, 0.4) is 0 Å². The van der Waals surface area contributed by atoms with Gasteiger partial charge < -0.3 is 5.32 Å². The van der Waals surface area contributed by atoms with Gasteiger partial charge >= 0.3 is 0 Å². The van der Waals surface area contributed by atoms with E-state index in [0.717, 1.165) is 5.56 Å². The van der Waals surface area contributed by atoms with E-state index in [4.69, 9.17) is 4.98 Å². The van der Waals surface area contributed by atoms with E-state index in [1.54, 1.807) is 0 Å². The molecule has 3 aromatic rings. The summed E-state index contributed by atoms with van der Waals surface area (Å²) in [4.78, 5) is 43.9. The van der Waals surface area contributed by atoms with E-state index in [1.807, 2.05) is 47.2 Å². The second-order valence-corrected chi connectivity index (χ2v) is 7.84. The van der Waals surface area contributed by atoms with Crippen molar-refractivity contribution < 1.29 is 14.4 Å². The molecule has 1 N–H and O–H groups in total. The molecule has 0 amide bonds. The standard InChI is InChI=1S/C23H16N2O3S/c26-17-8-4-7-15-19(17)20-18(27)11-16(24-14-5-2-1-3-6-14)23(28)21(20)22(25-15)13-9-10-29-12-13/h1-3,5-6,9-12,24H,4,7-8H2. The van der Waals surface area contributed by atoms with Gasteiger partial charge in [-0.05, 0) is 36.4 Å². The first kappa shape index (κ1) is 17.7. The van der Waals surface area contributed by atoms with Gasteiger partial charge in [0.2, 0.25) is 5.78 Å². The fourth-order valence-corrected chi connectivity index (χ4v) is 4.55. The average Bonchev–Trinajstić information content (AvgIpc) is 3.26. The van der Waals surface area contributed by atoms with Gasteiger partial charge in [0.25, 0.3) is 0 Å². The fourth-order valence-electron chi connectivity index (χ4n) is 3.91. The highest BCUT2D eigenvalue weighted by Crippen LogP contribution is 2.37. The van der Waals surface area contributed by atoms with E-state index in [-0.39, 0.29) is 34.2 Å². The molecule has 6 heteroatoms. The minimum absolute atomic E-state index is 0.110. The maximum absolute atomic E-state index is 13.4. The van der Waals surface area contributed by atoms with Crippen molar-refractivity contribution in [3.63, 3.8) is 0 Å². The second kappa shape index (κ2) is 6.90. The number of ketones is 3. The van der Waals surface area contributed by atoms with E-state index in [2.05, 4.69) is 5.32 Å². The molecule has 0 radical (unpaired) electrons. The molecule has 142 valence electrons. The third-order valence-corrected chi connectivity index (χ3v) is 5.89. The van der Waals surface area contributed by atoms with Gasteiger partial charge in [-0.25, -0.2) is 0 Å². The van der Waals surface area contributed by atoms with Crippen LogP contribution in [0.1, 0.15) is 49.6 Å². The van der Waals surface area contributed by atoms with Crippen molar-refractivity contribution in [3.05, 3.63) is 81.3 Å². The van der Waals surface area contributed by atoms with Crippen molar-refractivity contribution in [2.24, 2.45) is 0 Å². The van der Waals surface area contributed by atoms with Crippen molar-refractivity contribution in [1.29, 1.82) is 0 Å². The molecule has 2 aromatic heterocycles.